The lowest BCUT2D eigenvalue weighted by Crippen LogP contribution is -2.34. The molecule has 0 atom stereocenters. The number of hydrogen-bond donors (Lipinski definition) is 1. The van der Waals surface area contributed by atoms with E-state index < -0.39 is 5.41 Å². The van der Waals surface area contributed by atoms with Gasteiger partial charge >= 0.3 is 0 Å². The van der Waals surface area contributed by atoms with E-state index in [2.05, 4.69) is 10.5 Å². The zero-order valence-electron chi connectivity index (χ0n) is 13.8. The van der Waals surface area contributed by atoms with Crippen molar-refractivity contribution in [3.63, 3.8) is 0 Å². The van der Waals surface area contributed by atoms with Crippen LogP contribution in [0.15, 0.2) is 59.1 Å². The molecule has 2 aromatic carbocycles. The van der Waals surface area contributed by atoms with E-state index in [0.717, 1.165) is 5.56 Å². The number of hydrogen-bond acceptors (Lipinski definition) is 3. The van der Waals surface area contributed by atoms with Crippen LogP contribution in [0.3, 0.4) is 0 Å². The highest BCUT2D eigenvalue weighted by atomic mass is 35.5. The molecule has 1 heterocycles. The third kappa shape index (κ3) is 3.10. The smallest absolute Gasteiger partial charge is 0.232 e. The fourth-order valence-corrected chi connectivity index (χ4v) is 3.09. The summed E-state index contributed by atoms with van der Waals surface area (Å²) in [5, 5.41) is 7.56. The molecule has 1 aliphatic rings. The van der Waals surface area contributed by atoms with Gasteiger partial charge in [-0.1, -0.05) is 35.0 Å². The number of benzene rings is 2. The standard InChI is InChI=1S/C20H16ClFN2O2/c21-15-7-5-13(6-8-15)17-11-18(24-26-17)20(9-10-20)19(25)23-12-14-3-1-2-4-16(14)22/h1-8,11H,9-10,12H2,(H,23,25). The van der Waals surface area contributed by atoms with Crippen LogP contribution in [0, 0.1) is 5.82 Å². The molecular weight excluding hydrogens is 355 g/mol. The van der Waals surface area contributed by atoms with Crippen LogP contribution in [0.1, 0.15) is 24.1 Å². The molecule has 1 amide bonds. The molecule has 6 heteroatoms. The van der Waals surface area contributed by atoms with Crippen molar-refractivity contribution in [3.05, 3.63) is 76.7 Å². The van der Waals surface area contributed by atoms with Gasteiger partial charge in [-0.25, -0.2) is 4.39 Å². The molecule has 0 spiro atoms. The van der Waals surface area contributed by atoms with Gasteiger partial charge in [0.2, 0.25) is 5.91 Å². The van der Waals surface area contributed by atoms with Crippen LogP contribution < -0.4 is 5.32 Å². The summed E-state index contributed by atoms with van der Waals surface area (Å²) in [6.45, 7) is 0.148. The third-order valence-electron chi connectivity index (χ3n) is 4.71. The quantitative estimate of drug-likeness (QED) is 0.720. The molecule has 1 fully saturated rings. The molecule has 0 unspecified atom stereocenters. The molecule has 3 aromatic rings. The summed E-state index contributed by atoms with van der Waals surface area (Å²) >= 11 is 5.90. The zero-order valence-corrected chi connectivity index (χ0v) is 14.6. The van der Waals surface area contributed by atoms with Crippen LogP contribution in [-0.2, 0) is 16.8 Å². The van der Waals surface area contributed by atoms with E-state index >= 15 is 0 Å². The van der Waals surface area contributed by atoms with Crippen LogP contribution in [0.4, 0.5) is 4.39 Å². The van der Waals surface area contributed by atoms with E-state index in [0.29, 0.717) is 34.9 Å². The van der Waals surface area contributed by atoms with E-state index in [1.165, 1.54) is 6.07 Å². The van der Waals surface area contributed by atoms with Crippen molar-refractivity contribution < 1.29 is 13.7 Å². The average molecular weight is 371 g/mol. The summed E-state index contributed by atoms with van der Waals surface area (Å²) in [7, 11) is 0. The SMILES string of the molecule is O=C(NCc1ccccc1F)C1(c2cc(-c3ccc(Cl)cc3)on2)CC1. The van der Waals surface area contributed by atoms with E-state index in [-0.39, 0.29) is 18.3 Å². The fraction of sp³-hybridized carbons (Fsp3) is 0.200. The second-order valence-corrected chi connectivity index (χ2v) is 6.88. The number of halogens is 2. The maximum Gasteiger partial charge on any atom is 0.232 e. The molecule has 0 radical (unpaired) electrons. The first-order valence-corrected chi connectivity index (χ1v) is 8.71. The first-order valence-electron chi connectivity index (χ1n) is 8.33. The molecule has 132 valence electrons. The second-order valence-electron chi connectivity index (χ2n) is 6.44. The summed E-state index contributed by atoms with van der Waals surface area (Å²) in [6.07, 6.45) is 1.39. The van der Waals surface area contributed by atoms with Crippen LogP contribution in [0.5, 0.6) is 0 Å². The number of aromatic nitrogens is 1. The van der Waals surface area contributed by atoms with Crippen molar-refractivity contribution in [1.29, 1.82) is 0 Å². The summed E-state index contributed by atoms with van der Waals surface area (Å²) in [4.78, 5) is 12.7. The van der Waals surface area contributed by atoms with Gasteiger partial charge in [0.1, 0.15) is 5.82 Å². The Labute approximate surface area is 155 Å². The molecular formula is C20H16ClFN2O2. The van der Waals surface area contributed by atoms with Crippen LogP contribution in [0.25, 0.3) is 11.3 Å². The average Bonchev–Trinajstić information content (AvgIpc) is 3.32. The van der Waals surface area contributed by atoms with Gasteiger partial charge in [0, 0.05) is 28.8 Å². The lowest BCUT2D eigenvalue weighted by molar-refractivity contribution is -0.123. The Morgan fingerprint density at radius 2 is 1.92 bits per heavy atom. The number of rotatable bonds is 5. The molecule has 0 bridgehead atoms. The Bertz CT molecular complexity index is 948. The van der Waals surface area contributed by atoms with Crippen molar-refractivity contribution in [1.82, 2.24) is 10.5 Å². The van der Waals surface area contributed by atoms with Crippen LogP contribution >= 0.6 is 11.6 Å². The topological polar surface area (TPSA) is 55.1 Å². The van der Waals surface area contributed by atoms with Gasteiger partial charge in [-0.15, -0.1) is 0 Å². The number of carbonyl (C=O) groups excluding carboxylic acids is 1. The maximum atomic E-state index is 13.7. The minimum Gasteiger partial charge on any atom is -0.356 e. The van der Waals surface area contributed by atoms with Crippen molar-refractivity contribution in [2.75, 3.05) is 0 Å². The number of nitrogens with zero attached hydrogens (tertiary/aromatic N) is 1. The van der Waals surface area contributed by atoms with E-state index in [4.69, 9.17) is 16.1 Å². The maximum absolute atomic E-state index is 13.7. The molecule has 1 N–H and O–H groups in total. The summed E-state index contributed by atoms with van der Waals surface area (Å²) in [5.41, 5.74) is 1.22. The van der Waals surface area contributed by atoms with Gasteiger partial charge in [0.05, 0.1) is 11.1 Å². The lowest BCUT2D eigenvalue weighted by Gasteiger charge is -2.12. The van der Waals surface area contributed by atoms with E-state index in [1.54, 1.807) is 36.4 Å². The molecule has 4 rings (SSSR count). The second kappa shape index (κ2) is 6.57. The van der Waals surface area contributed by atoms with Crippen molar-refractivity contribution in [2.45, 2.75) is 24.8 Å². The van der Waals surface area contributed by atoms with Gasteiger partial charge in [-0.3, -0.25) is 4.79 Å². The molecule has 1 saturated carbocycles. The first kappa shape index (κ1) is 16.8. The highest BCUT2D eigenvalue weighted by molar-refractivity contribution is 6.30. The fourth-order valence-electron chi connectivity index (χ4n) is 2.96. The van der Waals surface area contributed by atoms with Gasteiger partial charge in [0.15, 0.2) is 5.76 Å². The van der Waals surface area contributed by atoms with Crippen molar-refractivity contribution in [3.8, 4) is 11.3 Å². The number of nitrogens with one attached hydrogen (secondary N) is 1. The van der Waals surface area contributed by atoms with E-state index in [1.807, 2.05) is 12.1 Å². The predicted octanol–water partition coefficient (Wildman–Crippen LogP) is 4.48. The monoisotopic (exact) mass is 370 g/mol. The van der Waals surface area contributed by atoms with Gasteiger partial charge < -0.3 is 9.84 Å². The zero-order chi connectivity index (χ0) is 18.1. The summed E-state index contributed by atoms with van der Waals surface area (Å²) < 4.78 is 19.1. The van der Waals surface area contributed by atoms with E-state index in [9.17, 15) is 9.18 Å². The van der Waals surface area contributed by atoms with Crippen LogP contribution in [0.2, 0.25) is 5.02 Å². The van der Waals surface area contributed by atoms with Crippen molar-refractivity contribution >= 4 is 17.5 Å². The largest absolute Gasteiger partial charge is 0.356 e. The molecule has 1 aliphatic carbocycles. The Hall–Kier alpha value is -2.66. The van der Waals surface area contributed by atoms with Crippen molar-refractivity contribution in [2.24, 2.45) is 0 Å². The normalized spacial score (nSPS) is 14.8. The van der Waals surface area contributed by atoms with Crippen LogP contribution in [-0.4, -0.2) is 11.1 Å². The Morgan fingerprint density at radius 3 is 2.62 bits per heavy atom. The molecule has 4 nitrogen and oxygen atoms in total. The minimum absolute atomic E-state index is 0.148. The lowest BCUT2D eigenvalue weighted by atomic mass is 10.00. The first-order chi connectivity index (χ1) is 12.6. The Morgan fingerprint density at radius 1 is 1.19 bits per heavy atom. The number of carbonyl (C=O) groups is 1. The predicted molar refractivity (Wildman–Crippen MR) is 96.1 cm³/mol. The van der Waals surface area contributed by atoms with Gasteiger partial charge in [-0.2, -0.15) is 0 Å². The minimum atomic E-state index is -0.681. The highest BCUT2D eigenvalue weighted by Gasteiger charge is 2.53. The number of amides is 1. The Kier molecular flexibility index (Phi) is 4.24. The molecule has 0 saturated heterocycles. The van der Waals surface area contributed by atoms with Gasteiger partial charge in [0.25, 0.3) is 0 Å². The van der Waals surface area contributed by atoms with Gasteiger partial charge in [-0.05, 0) is 43.2 Å². The molecule has 0 aliphatic heterocycles. The summed E-state index contributed by atoms with van der Waals surface area (Å²) in [5.74, 6) is 0.102. The Balaban J connectivity index is 1.49. The molecule has 26 heavy (non-hydrogen) atoms. The molecule has 1 aromatic heterocycles. The summed E-state index contributed by atoms with van der Waals surface area (Å²) in [6, 6.07) is 15.4. The third-order valence-corrected chi connectivity index (χ3v) is 4.96. The highest BCUT2D eigenvalue weighted by Crippen LogP contribution is 2.48.